The molecule has 0 heterocycles. The number of hydrogen-bond acceptors (Lipinski definition) is 4. The third-order valence-electron chi connectivity index (χ3n) is 3.17. The van der Waals surface area contributed by atoms with Crippen molar-refractivity contribution in [3.05, 3.63) is 70.0 Å². The maximum absolute atomic E-state index is 13.4. The second-order valence-corrected chi connectivity index (χ2v) is 4.83. The maximum atomic E-state index is 13.4. The number of amides is 1. The van der Waals surface area contributed by atoms with Crippen molar-refractivity contribution in [2.24, 2.45) is 0 Å². The van der Waals surface area contributed by atoms with Crippen LogP contribution in [0.3, 0.4) is 0 Å². The molecule has 0 aromatic heterocycles. The Balaban J connectivity index is 1.82. The molecule has 2 N–H and O–H groups in total. The first-order valence-electron chi connectivity index (χ1n) is 7.05. The molecule has 6 nitrogen and oxygen atoms in total. The number of nitrogens with zero attached hydrogens (tertiary/aromatic N) is 1. The molecule has 120 valence electrons. The summed E-state index contributed by atoms with van der Waals surface area (Å²) in [5.41, 5.74) is 0.428. The van der Waals surface area contributed by atoms with Crippen LogP contribution < -0.4 is 10.6 Å². The molecule has 0 bridgehead atoms. The van der Waals surface area contributed by atoms with E-state index in [1.807, 2.05) is 30.3 Å². The van der Waals surface area contributed by atoms with E-state index in [-0.39, 0.29) is 24.6 Å². The minimum absolute atomic E-state index is 0.0610. The molecule has 0 aliphatic heterocycles. The van der Waals surface area contributed by atoms with E-state index in [0.29, 0.717) is 6.54 Å². The van der Waals surface area contributed by atoms with Crippen molar-refractivity contribution in [3.63, 3.8) is 0 Å². The summed E-state index contributed by atoms with van der Waals surface area (Å²) in [6.07, 6.45) is 0.125. The molecule has 0 fully saturated rings. The van der Waals surface area contributed by atoms with Gasteiger partial charge in [0.2, 0.25) is 11.7 Å². The SMILES string of the molecule is O=C(CCNc1cccc(F)c1[N+](=O)[O-])NCc1ccccc1. The number of hydrogen-bond donors (Lipinski definition) is 2. The zero-order valence-electron chi connectivity index (χ0n) is 12.3. The molecule has 2 aromatic rings. The lowest BCUT2D eigenvalue weighted by Crippen LogP contribution is -2.24. The smallest absolute Gasteiger partial charge is 0.327 e. The number of nitro benzene ring substituents is 1. The lowest BCUT2D eigenvalue weighted by molar-refractivity contribution is -0.386. The number of carbonyl (C=O) groups is 1. The van der Waals surface area contributed by atoms with Gasteiger partial charge in [0.05, 0.1) is 4.92 Å². The van der Waals surface area contributed by atoms with E-state index >= 15 is 0 Å². The van der Waals surface area contributed by atoms with E-state index in [0.717, 1.165) is 11.6 Å². The molecule has 0 saturated heterocycles. The van der Waals surface area contributed by atoms with Crippen molar-refractivity contribution in [3.8, 4) is 0 Å². The summed E-state index contributed by atoms with van der Waals surface area (Å²) in [5.74, 6) is -1.10. The van der Waals surface area contributed by atoms with Gasteiger partial charge in [-0.25, -0.2) is 0 Å². The van der Waals surface area contributed by atoms with E-state index in [9.17, 15) is 19.3 Å². The van der Waals surface area contributed by atoms with E-state index in [4.69, 9.17) is 0 Å². The highest BCUT2D eigenvalue weighted by molar-refractivity contribution is 5.76. The third kappa shape index (κ3) is 4.77. The third-order valence-corrected chi connectivity index (χ3v) is 3.17. The monoisotopic (exact) mass is 317 g/mol. The van der Waals surface area contributed by atoms with Gasteiger partial charge in [-0.2, -0.15) is 4.39 Å². The van der Waals surface area contributed by atoms with Crippen LogP contribution in [0.15, 0.2) is 48.5 Å². The molecule has 0 atom stereocenters. The highest BCUT2D eigenvalue weighted by Crippen LogP contribution is 2.26. The number of nitro groups is 1. The average molecular weight is 317 g/mol. The predicted octanol–water partition coefficient (Wildman–Crippen LogP) is 2.85. The molecule has 0 saturated carbocycles. The van der Waals surface area contributed by atoms with Crippen LogP contribution in [-0.4, -0.2) is 17.4 Å². The van der Waals surface area contributed by atoms with E-state index in [1.54, 1.807) is 0 Å². The zero-order valence-corrected chi connectivity index (χ0v) is 12.3. The topological polar surface area (TPSA) is 84.3 Å². The Morgan fingerprint density at radius 1 is 1.13 bits per heavy atom. The summed E-state index contributed by atoms with van der Waals surface area (Å²) in [4.78, 5) is 21.8. The van der Waals surface area contributed by atoms with Crippen LogP contribution in [0.2, 0.25) is 0 Å². The number of rotatable bonds is 7. The number of para-hydroxylation sites is 1. The van der Waals surface area contributed by atoms with Gasteiger partial charge in [-0.05, 0) is 17.7 Å². The standard InChI is InChI=1S/C16H16FN3O3/c17-13-7-4-8-14(16(13)20(22)23)18-10-9-15(21)19-11-12-5-2-1-3-6-12/h1-8,18H,9-11H2,(H,19,21). The number of anilines is 1. The van der Waals surface area contributed by atoms with Crippen LogP contribution in [0, 0.1) is 15.9 Å². The largest absolute Gasteiger partial charge is 0.379 e. The molecule has 0 radical (unpaired) electrons. The van der Waals surface area contributed by atoms with Crippen molar-refractivity contribution in [2.45, 2.75) is 13.0 Å². The van der Waals surface area contributed by atoms with Gasteiger partial charge >= 0.3 is 5.69 Å². The summed E-state index contributed by atoms with van der Waals surface area (Å²) in [5, 5.41) is 16.3. The predicted molar refractivity (Wildman–Crippen MR) is 84.4 cm³/mol. The van der Waals surface area contributed by atoms with Crippen molar-refractivity contribution in [2.75, 3.05) is 11.9 Å². The molecule has 1 amide bonds. The van der Waals surface area contributed by atoms with Gasteiger partial charge in [-0.3, -0.25) is 14.9 Å². The number of benzene rings is 2. The Kier molecular flexibility index (Phi) is 5.62. The second kappa shape index (κ2) is 7.88. The minimum Gasteiger partial charge on any atom is -0.379 e. The summed E-state index contributed by atoms with van der Waals surface area (Å²) in [7, 11) is 0. The molecular weight excluding hydrogens is 301 g/mol. The molecule has 23 heavy (non-hydrogen) atoms. The Bertz CT molecular complexity index is 692. The van der Waals surface area contributed by atoms with Crippen molar-refractivity contribution >= 4 is 17.3 Å². The molecule has 0 unspecified atom stereocenters. The average Bonchev–Trinajstić information content (AvgIpc) is 2.53. The fourth-order valence-electron chi connectivity index (χ4n) is 2.04. The lowest BCUT2D eigenvalue weighted by Gasteiger charge is -2.08. The Morgan fingerprint density at radius 2 is 1.87 bits per heavy atom. The Hall–Kier alpha value is -2.96. The maximum Gasteiger partial charge on any atom is 0.327 e. The lowest BCUT2D eigenvalue weighted by atomic mass is 10.2. The van der Waals surface area contributed by atoms with Gasteiger partial charge < -0.3 is 10.6 Å². The van der Waals surface area contributed by atoms with Gasteiger partial charge in [0.1, 0.15) is 5.69 Å². The highest BCUT2D eigenvalue weighted by Gasteiger charge is 2.19. The number of halogens is 1. The first kappa shape index (κ1) is 16.4. The first-order valence-corrected chi connectivity index (χ1v) is 7.05. The number of carbonyl (C=O) groups excluding carboxylic acids is 1. The van der Waals surface area contributed by atoms with Crippen LogP contribution in [0.25, 0.3) is 0 Å². The zero-order chi connectivity index (χ0) is 16.7. The van der Waals surface area contributed by atoms with Crippen LogP contribution in [0.1, 0.15) is 12.0 Å². The Labute approximate surface area is 132 Å². The van der Waals surface area contributed by atoms with Crippen molar-refractivity contribution in [1.82, 2.24) is 5.32 Å². The van der Waals surface area contributed by atoms with Crippen molar-refractivity contribution < 1.29 is 14.1 Å². The molecule has 0 aliphatic rings. The summed E-state index contributed by atoms with van der Waals surface area (Å²) < 4.78 is 13.4. The van der Waals surface area contributed by atoms with E-state index in [2.05, 4.69) is 10.6 Å². The molecule has 0 aliphatic carbocycles. The fraction of sp³-hybridized carbons (Fsp3) is 0.188. The van der Waals surface area contributed by atoms with Crippen LogP contribution in [0.5, 0.6) is 0 Å². The summed E-state index contributed by atoms with van der Waals surface area (Å²) in [6.45, 7) is 0.588. The van der Waals surface area contributed by atoms with E-state index < -0.39 is 16.4 Å². The highest BCUT2D eigenvalue weighted by atomic mass is 19.1. The Morgan fingerprint density at radius 3 is 2.57 bits per heavy atom. The second-order valence-electron chi connectivity index (χ2n) is 4.83. The van der Waals surface area contributed by atoms with Gasteiger partial charge in [0, 0.05) is 19.5 Å². The molecule has 0 spiro atoms. The minimum atomic E-state index is -0.909. The normalized spacial score (nSPS) is 10.1. The van der Waals surface area contributed by atoms with Gasteiger partial charge in [-0.15, -0.1) is 0 Å². The van der Waals surface area contributed by atoms with Crippen LogP contribution >= 0.6 is 0 Å². The van der Waals surface area contributed by atoms with Crippen LogP contribution in [-0.2, 0) is 11.3 Å². The fourth-order valence-corrected chi connectivity index (χ4v) is 2.04. The first-order chi connectivity index (χ1) is 11.1. The quantitative estimate of drug-likeness (QED) is 0.607. The molecule has 2 aromatic carbocycles. The molecule has 7 heteroatoms. The van der Waals surface area contributed by atoms with Gasteiger partial charge in [0.25, 0.3) is 0 Å². The van der Waals surface area contributed by atoms with Gasteiger partial charge in [0.15, 0.2) is 0 Å². The van der Waals surface area contributed by atoms with Crippen molar-refractivity contribution in [1.29, 1.82) is 0 Å². The molecule has 2 rings (SSSR count). The van der Waals surface area contributed by atoms with Gasteiger partial charge in [-0.1, -0.05) is 36.4 Å². The van der Waals surface area contributed by atoms with E-state index in [1.165, 1.54) is 12.1 Å². The summed E-state index contributed by atoms with van der Waals surface area (Å²) >= 11 is 0. The molecular formula is C16H16FN3O3. The van der Waals surface area contributed by atoms with Crippen LogP contribution in [0.4, 0.5) is 15.8 Å². The summed E-state index contributed by atoms with van der Waals surface area (Å²) in [6, 6.07) is 13.3. The number of nitrogens with one attached hydrogen (secondary N) is 2.